The molecule has 4 heteroatoms. The Kier molecular flexibility index (Phi) is 4.25. The zero-order chi connectivity index (χ0) is 14.5. The van der Waals surface area contributed by atoms with Crippen LogP contribution in [0.4, 0.5) is 11.4 Å². The number of carbonyl (C=O) groups excluding carboxylic acids is 1. The van der Waals surface area contributed by atoms with E-state index < -0.39 is 0 Å². The largest absolute Gasteiger partial charge is 0.484 e. The fourth-order valence-electron chi connectivity index (χ4n) is 1.87. The number of hydrogen-bond acceptors (Lipinski definition) is 3. The minimum atomic E-state index is -0.195. The van der Waals surface area contributed by atoms with Crippen LogP contribution < -0.4 is 15.8 Å². The van der Waals surface area contributed by atoms with Gasteiger partial charge in [-0.15, -0.1) is 0 Å². The van der Waals surface area contributed by atoms with E-state index in [2.05, 4.69) is 5.32 Å². The van der Waals surface area contributed by atoms with Crippen molar-refractivity contribution in [2.24, 2.45) is 0 Å². The van der Waals surface area contributed by atoms with Crippen molar-refractivity contribution in [2.45, 2.75) is 13.8 Å². The molecular weight excluding hydrogens is 252 g/mol. The summed E-state index contributed by atoms with van der Waals surface area (Å²) in [7, 11) is 0. The fraction of sp³-hybridized carbons (Fsp3) is 0.188. The smallest absolute Gasteiger partial charge is 0.262 e. The number of carbonyl (C=O) groups is 1. The van der Waals surface area contributed by atoms with E-state index in [1.165, 1.54) is 0 Å². The molecule has 0 fully saturated rings. The van der Waals surface area contributed by atoms with Gasteiger partial charge in [-0.1, -0.05) is 12.1 Å². The molecule has 0 unspecified atom stereocenters. The average molecular weight is 270 g/mol. The van der Waals surface area contributed by atoms with Gasteiger partial charge in [-0.3, -0.25) is 4.79 Å². The lowest BCUT2D eigenvalue weighted by Crippen LogP contribution is -2.20. The van der Waals surface area contributed by atoms with E-state index in [0.29, 0.717) is 11.4 Å². The van der Waals surface area contributed by atoms with Crippen LogP contribution in [0.3, 0.4) is 0 Å². The summed E-state index contributed by atoms with van der Waals surface area (Å²) in [4.78, 5) is 11.8. The van der Waals surface area contributed by atoms with Gasteiger partial charge in [0.1, 0.15) is 5.75 Å². The second-order valence-electron chi connectivity index (χ2n) is 4.73. The third kappa shape index (κ3) is 3.75. The molecule has 0 spiro atoms. The van der Waals surface area contributed by atoms with Crippen LogP contribution in [0.5, 0.6) is 5.75 Å². The Bertz CT molecular complexity index is 624. The summed E-state index contributed by atoms with van der Waals surface area (Å²) in [5.74, 6) is 0.494. The van der Waals surface area contributed by atoms with Crippen molar-refractivity contribution in [1.82, 2.24) is 0 Å². The Morgan fingerprint density at radius 3 is 2.70 bits per heavy atom. The molecule has 2 rings (SSSR count). The van der Waals surface area contributed by atoms with E-state index in [-0.39, 0.29) is 12.5 Å². The molecule has 2 aromatic rings. The summed E-state index contributed by atoms with van der Waals surface area (Å²) in [5, 5.41) is 2.80. The molecule has 0 atom stereocenters. The minimum Gasteiger partial charge on any atom is -0.484 e. The second-order valence-corrected chi connectivity index (χ2v) is 4.73. The van der Waals surface area contributed by atoms with Crippen LogP contribution in [-0.2, 0) is 4.79 Å². The molecule has 0 bridgehead atoms. The van der Waals surface area contributed by atoms with Gasteiger partial charge in [0.05, 0.1) is 0 Å². The Morgan fingerprint density at radius 1 is 1.20 bits per heavy atom. The lowest BCUT2D eigenvalue weighted by molar-refractivity contribution is -0.118. The highest BCUT2D eigenvalue weighted by Gasteiger charge is 2.06. The molecule has 0 aromatic heterocycles. The van der Waals surface area contributed by atoms with Gasteiger partial charge in [-0.25, -0.2) is 0 Å². The summed E-state index contributed by atoms with van der Waals surface area (Å²) in [6.07, 6.45) is 0. The SMILES string of the molecule is Cc1cccc(OCC(=O)Nc2ccc(N)cc2C)c1. The first kappa shape index (κ1) is 13.9. The molecule has 0 aliphatic rings. The van der Waals surface area contributed by atoms with Crippen LogP contribution in [0.2, 0.25) is 0 Å². The molecule has 0 aliphatic carbocycles. The van der Waals surface area contributed by atoms with Gasteiger partial charge in [0.25, 0.3) is 5.91 Å². The molecule has 0 radical (unpaired) electrons. The van der Waals surface area contributed by atoms with Crippen LogP contribution in [-0.4, -0.2) is 12.5 Å². The van der Waals surface area contributed by atoms with Crippen LogP contribution in [0.1, 0.15) is 11.1 Å². The highest BCUT2D eigenvalue weighted by Crippen LogP contribution is 2.17. The summed E-state index contributed by atoms with van der Waals surface area (Å²) >= 11 is 0. The minimum absolute atomic E-state index is 0.0206. The van der Waals surface area contributed by atoms with Crippen molar-refractivity contribution in [3.05, 3.63) is 53.6 Å². The number of nitrogens with one attached hydrogen (secondary N) is 1. The first-order valence-corrected chi connectivity index (χ1v) is 6.40. The molecule has 2 aromatic carbocycles. The van der Waals surface area contributed by atoms with E-state index in [1.54, 1.807) is 12.1 Å². The van der Waals surface area contributed by atoms with Gasteiger partial charge in [0, 0.05) is 11.4 Å². The maximum Gasteiger partial charge on any atom is 0.262 e. The van der Waals surface area contributed by atoms with Gasteiger partial charge < -0.3 is 15.8 Å². The van der Waals surface area contributed by atoms with Gasteiger partial charge in [-0.2, -0.15) is 0 Å². The number of benzene rings is 2. The number of hydrogen-bond donors (Lipinski definition) is 2. The van der Waals surface area contributed by atoms with E-state index in [9.17, 15) is 4.79 Å². The Hall–Kier alpha value is -2.49. The number of rotatable bonds is 4. The number of nitrogens with two attached hydrogens (primary N) is 1. The summed E-state index contributed by atoms with van der Waals surface area (Å²) in [6.45, 7) is 3.85. The molecule has 3 N–H and O–H groups in total. The maximum absolute atomic E-state index is 11.8. The molecule has 104 valence electrons. The standard InChI is InChI=1S/C16H18N2O2/c1-11-4-3-5-14(8-11)20-10-16(19)18-15-7-6-13(17)9-12(15)2/h3-9H,10,17H2,1-2H3,(H,18,19). The van der Waals surface area contributed by atoms with E-state index in [0.717, 1.165) is 16.8 Å². The zero-order valence-electron chi connectivity index (χ0n) is 11.6. The van der Waals surface area contributed by atoms with Gasteiger partial charge in [0.15, 0.2) is 6.61 Å². The molecule has 0 saturated carbocycles. The fourth-order valence-corrected chi connectivity index (χ4v) is 1.87. The topological polar surface area (TPSA) is 64.3 Å². The summed E-state index contributed by atoms with van der Waals surface area (Å²) in [6, 6.07) is 12.9. The predicted octanol–water partition coefficient (Wildman–Crippen LogP) is 2.90. The quantitative estimate of drug-likeness (QED) is 0.840. The zero-order valence-corrected chi connectivity index (χ0v) is 11.6. The first-order chi connectivity index (χ1) is 9.54. The first-order valence-electron chi connectivity index (χ1n) is 6.40. The molecule has 20 heavy (non-hydrogen) atoms. The highest BCUT2D eigenvalue weighted by molar-refractivity contribution is 5.92. The number of ether oxygens (including phenoxy) is 1. The maximum atomic E-state index is 11.8. The third-order valence-electron chi connectivity index (χ3n) is 2.88. The van der Waals surface area contributed by atoms with E-state index in [1.807, 2.05) is 44.2 Å². The monoisotopic (exact) mass is 270 g/mol. The number of anilines is 2. The molecule has 4 nitrogen and oxygen atoms in total. The van der Waals surface area contributed by atoms with Crippen LogP contribution in [0, 0.1) is 13.8 Å². The number of aryl methyl sites for hydroxylation is 2. The van der Waals surface area contributed by atoms with Crippen molar-refractivity contribution >= 4 is 17.3 Å². The van der Waals surface area contributed by atoms with Crippen molar-refractivity contribution in [2.75, 3.05) is 17.7 Å². The Morgan fingerprint density at radius 2 is 2.00 bits per heavy atom. The molecule has 0 saturated heterocycles. The molecule has 0 heterocycles. The lowest BCUT2D eigenvalue weighted by atomic mass is 10.2. The Balaban J connectivity index is 1.92. The van der Waals surface area contributed by atoms with Crippen molar-refractivity contribution in [3.8, 4) is 5.75 Å². The van der Waals surface area contributed by atoms with E-state index in [4.69, 9.17) is 10.5 Å². The predicted molar refractivity (Wildman–Crippen MR) is 80.9 cm³/mol. The van der Waals surface area contributed by atoms with Crippen LogP contribution >= 0.6 is 0 Å². The van der Waals surface area contributed by atoms with Crippen molar-refractivity contribution in [3.63, 3.8) is 0 Å². The van der Waals surface area contributed by atoms with Gasteiger partial charge in [-0.05, 0) is 55.3 Å². The molecular formula is C16H18N2O2. The lowest BCUT2D eigenvalue weighted by Gasteiger charge is -2.10. The van der Waals surface area contributed by atoms with Crippen molar-refractivity contribution in [1.29, 1.82) is 0 Å². The average Bonchev–Trinajstić information content (AvgIpc) is 2.40. The van der Waals surface area contributed by atoms with Crippen LogP contribution in [0.15, 0.2) is 42.5 Å². The van der Waals surface area contributed by atoms with E-state index >= 15 is 0 Å². The summed E-state index contributed by atoms with van der Waals surface area (Å²) in [5.41, 5.74) is 9.11. The Labute approximate surface area is 118 Å². The normalized spacial score (nSPS) is 10.1. The summed E-state index contributed by atoms with van der Waals surface area (Å²) < 4.78 is 5.45. The van der Waals surface area contributed by atoms with Gasteiger partial charge >= 0.3 is 0 Å². The van der Waals surface area contributed by atoms with Crippen molar-refractivity contribution < 1.29 is 9.53 Å². The molecule has 0 aliphatic heterocycles. The highest BCUT2D eigenvalue weighted by atomic mass is 16.5. The van der Waals surface area contributed by atoms with Gasteiger partial charge in [0.2, 0.25) is 0 Å². The number of amides is 1. The van der Waals surface area contributed by atoms with Crippen LogP contribution in [0.25, 0.3) is 0 Å². The third-order valence-corrected chi connectivity index (χ3v) is 2.88. The molecule has 1 amide bonds. The number of nitrogen functional groups attached to an aromatic ring is 1. The second kappa shape index (κ2) is 6.10.